The van der Waals surface area contributed by atoms with Crippen molar-refractivity contribution < 1.29 is 24.5 Å². The zero-order valence-electron chi connectivity index (χ0n) is 12.2. The van der Waals surface area contributed by atoms with Crippen molar-refractivity contribution in [3.63, 3.8) is 0 Å². The van der Waals surface area contributed by atoms with Crippen molar-refractivity contribution in [3.05, 3.63) is 52.0 Å². The molecule has 3 N–H and O–H groups in total. The van der Waals surface area contributed by atoms with E-state index in [1.807, 2.05) is 0 Å². The van der Waals surface area contributed by atoms with Crippen LogP contribution in [0.3, 0.4) is 0 Å². The van der Waals surface area contributed by atoms with Gasteiger partial charge in [0.25, 0.3) is 0 Å². The summed E-state index contributed by atoms with van der Waals surface area (Å²) in [6.45, 7) is 1.93. The molecule has 0 saturated carbocycles. The lowest BCUT2D eigenvalue weighted by Crippen LogP contribution is -2.06. The van der Waals surface area contributed by atoms with Crippen molar-refractivity contribution in [1.82, 2.24) is 0 Å². The van der Waals surface area contributed by atoms with Gasteiger partial charge in [0, 0.05) is 4.47 Å². The molecule has 6 nitrogen and oxygen atoms in total. The zero-order valence-corrected chi connectivity index (χ0v) is 13.8. The first-order valence-electron chi connectivity index (χ1n) is 6.72. The molecule has 120 valence electrons. The Morgan fingerprint density at radius 3 is 2.57 bits per heavy atom. The first kappa shape index (κ1) is 16.8. The van der Waals surface area contributed by atoms with Gasteiger partial charge >= 0.3 is 11.9 Å². The fourth-order valence-corrected chi connectivity index (χ4v) is 2.29. The van der Waals surface area contributed by atoms with Gasteiger partial charge < -0.3 is 20.3 Å². The van der Waals surface area contributed by atoms with Crippen LogP contribution in [0.15, 0.2) is 40.9 Å². The molecule has 7 heteroatoms. The van der Waals surface area contributed by atoms with E-state index in [1.54, 1.807) is 19.1 Å². The number of carbonyl (C=O) groups excluding carboxylic acids is 1. The molecular weight excluding hydrogens is 366 g/mol. The van der Waals surface area contributed by atoms with E-state index in [0.717, 1.165) is 0 Å². The number of esters is 1. The maximum Gasteiger partial charge on any atom is 0.338 e. The highest BCUT2D eigenvalue weighted by atomic mass is 79.9. The Labute approximate surface area is 140 Å². The fourth-order valence-electron chi connectivity index (χ4n) is 1.93. The summed E-state index contributed by atoms with van der Waals surface area (Å²) in [5, 5.41) is 22.0. The normalized spacial score (nSPS) is 10.2. The first-order valence-corrected chi connectivity index (χ1v) is 7.51. The standard InChI is InChI=1S/C16H14BrNO5/c1-2-23-16(22)9-3-6-14(19)13(7-9)18-12-8-10(17)4-5-11(12)15(20)21/h3-8,18-19H,2H2,1H3,(H,20,21). The predicted molar refractivity (Wildman–Crippen MR) is 88.4 cm³/mol. The molecule has 0 heterocycles. The predicted octanol–water partition coefficient (Wildman–Crippen LogP) is 3.77. The van der Waals surface area contributed by atoms with Gasteiger partial charge in [0.05, 0.1) is 29.1 Å². The summed E-state index contributed by atoms with van der Waals surface area (Å²) in [4.78, 5) is 23.0. The maximum atomic E-state index is 11.8. The van der Waals surface area contributed by atoms with E-state index in [-0.39, 0.29) is 34.9 Å². The van der Waals surface area contributed by atoms with Gasteiger partial charge in [0.2, 0.25) is 0 Å². The minimum absolute atomic E-state index is 0.0362. The van der Waals surface area contributed by atoms with Crippen LogP contribution in [0.25, 0.3) is 0 Å². The van der Waals surface area contributed by atoms with E-state index >= 15 is 0 Å². The van der Waals surface area contributed by atoms with Gasteiger partial charge in [-0.1, -0.05) is 15.9 Å². The summed E-state index contributed by atoms with van der Waals surface area (Å²) in [7, 11) is 0. The molecular formula is C16H14BrNO5. The molecule has 0 fully saturated rings. The Morgan fingerprint density at radius 2 is 1.91 bits per heavy atom. The minimum Gasteiger partial charge on any atom is -0.506 e. The van der Waals surface area contributed by atoms with Crippen LogP contribution in [-0.4, -0.2) is 28.8 Å². The first-order chi connectivity index (χ1) is 10.9. The average molecular weight is 380 g/mol. The molecule has 2 aromatic rings. The van der Waals surface area contributed by atoms with Crippen LogP contribution in [0.4, 0.5) is 11.4 Å². The Morgan fingerprint density at radius 1 is 1.17 bits per heavy atom. The van der Waals surface area contributed by atoms with Gasteiger partial charge in [-0.3, -0.25) is 0 Å². The van der Waals surface area contributed by atoms with Crippen LogP contribution in [-0.2, 0) is 4.74 Å². The Bertz CT molecular complexity index is 760. The number of rotatable bonds is 5. The molecule has 0 atom stereocenters. The molecule has 0 aromatic heterocycles. The van der Waals surface area contributed by atoms with Gasteiger partial charge in [0.15, 0.2) is 0 Å². The van der Waals surface area contributed by atoms with Crippen molar-refractivity contribution in [2.75, 3.05) is 11.9 Å². The summed E-state index contributed by atoms with van der Waals surface area (Å²) in [5.41, 5.74) is 0.771. The molecule has 2 aromatic carbocycles. The van der Waals surface area contributed by atoms with Crippen molar-refractivity contribution >= 4 is 39.2 Å². The SMILES string of the molecule is CCOC(=O)c1ccc(O)c(Nc2cc(Br)ccc2C(=O)O)c1. The molecule has 0 aliphatic carbocycles. The van der Waals surface area contributed by atoms with Crippen LogP contribution >= 0.6 is 15.9 Å². The van der Waals surface area contributed by atoms with Crippen molar-refractivity contribution in [2.24, 2.45) is 0 Å². The molecule has 0 aliphatic rings. The number of benzene rings is 2. The Hall–Kier alpha value is -2.54. The van der Waals surface area contributed by atoms with Crippen molar-refractivity contribution in [1.29, 1.82) is 0 Å². The van der Waals surface area contributed by atoms with Crippen LogP contribution < -0.4 is 5.32 Å². The van der Waals surface area contributed by atoms with Crippen LogP contribution in [0.1, 0.15) is 27.6 Å². The van der Waals surface area contributed by atoms with Crippen molar-refractivity contribution in [2.45, 2.75) is 6.92 Å². The lowest BCUT2D eigenvalue weighted by molar-refractivity contribution is 0.0526. The summed E-state index contributed by atoms with van der Waals surface area (Å²) in [6.07, 6.45) is 0. The second-order valence-electron chi connectivity index (χ2n) is 4.57. The number of carbonyl (C=O) groups is 2. The molecule has 0 aliphatic heterocycles. The van der Waals surface area contributed by atoms with E-state index in [0.29, 0.717) is 4.47 Å². The lowest BCUT2D eigenvalue weighted by Gasteiger charge is -2.13. The van der Waals surface area contributed by atoms with Crippen LogP contribution in [0.5, 0.6) is 5.75 Å². The zero-order chi connectivity index (χ0) is 17.0. The molecule has 23 heavy (non-hydrogen) atoms. The topological polar surface area (TPSA) is 95.9 Å². The molecule has 0 bridgehead atoms. The number of nitrogens with one attached hydrogen (secondary N) is 1. The number of aromatic carboxylic acids is 1. The monoisotopic (exact) mass is 379 g/mol. The number of phenols is 1. The van der Waals surface area contributed by atoms with E-state index in [1.165, 1.54) is 24.3 Å². The molecule has 0 radical (unpaired) electrons. The quantitative estimate of drug-likeness (QED) is 0.540. The Kier molecular flexibility index (Phi) is 5.23. The van der Waals surface area contributed by atoms with E-state index in [2.05, 4.69) is 21.2 Å². The third kappa shape index (κ3) is 4.01. The highest BCUT2D eigenvalue weighted by molar-refractivity contribution is 9.10. The minimum atomic E-state index is -1.11. The number of phenolic OH excluding ortho intramolecular Hbond substituents is 1. The van der Waals surface area contributed by atoms with E-state index < -0.39 is 11.9 Å². The lowest BCUT2D eigenvalue weighted by atomic mass is 10.1. The average Bonchev–Trinajstić information content (AvgIpc) is 2.49. The highest BCUT2D eigenvalue weighted by Gasteiger charge is 2.14. The van der Waals surface area contributed by atoms with Gasteiger partial charge in [-0.2, -0.15) is 0 Å². The molecule has 0 unspecified atom stereocenters. The molecule has 0 saturated heterocycles. The smallest absolute Gasteiger partial charge is 0.338 e. The highest BCUT2D eigenvalue weighted by Crippen LogP contribution is 2.31. The van der Waals surface area contributed by atoms with E-state index in [9.17, 15) is 19.8 Å². The number of anilines is 2. The third-order valence-electron chi connectivity index (χ3n) is 2.99. The van der Waals surface area contributed by atoms with Gasteiger partial charge in [-0.05, 0) is 43.3 Å². The van der Waals surface area contributed by atoms with Gasteiger partial charge in [-0.25, -0.2) is 9.59 Å². The molecule has 0 spiro atoms. The van der Waals surface area contributed by atoms with Crippen LogP contribution in [0, 0.1) is 0 Å². The second kappa shape index (κ2) is 7.15. The number of ether oxygens (including phenoxy) is 1. The summed E-state index contributed by atoms with van der Waals surface area (Å²) >= 11 is 3.27. The van der Waals surface area contributed by atoms with E-state index in [4.69, 9.17) is 4.74 Å². The van der Waals surface area contributed by atoms with Gasteiger partial charge in [-0.15, -0.1) is 0 Å². The van der Waals surface area contributed by atoms with Crippen LogP contribution in [0.2, 0.25) is 0 Å². The second-order valence-corrected chi connectivity index (χ2v) is 5.49. The number of carboxylic acids is 1. The summed E-state index contributed by atoms with van der Waals surface area (Å²) in [5.74, 6) is -1.75. The summed E-state index contributed by atoms with van der Waals surface area (Å²) in [6, 6.07) is 8.77. The molecule has 2 rings (SSSR count). The number of halogens is 1. The number of carboxylic acid groups (broad SMARTS) is 1. The Balaban J connectivity index is 2.40. The number of hydrogen-bond acceptors (Lipinski definition) is 5. The molecule has 0 amide bonds. The maximum absolute atomic E-state index is 11.8. The third-order valence-corrected chi connectivity index (χ3v) is 3.48. The largest absolute Gasteiger partial charge is 0.506 e. The number of aromatic hydroxyl groups is 1. The summed E-state index contributed by atoms with van der Waals surface area (Å²) < 4.78 is 5.58. The number of hydrogen-bond donors (Lipinski definition) is 3. The van der Waals surface area contributed by atoms with Crippen molar-refractivity contribution in [3.8, 4) is 5.75 Å². The fraction of sp³-hybridized carbons (Fsp3) is 0.125. The van der Waals surface area contributed by atoms with Gasteiger partial charge in [0.1, 0.15) is 5.75 Å².